The molecule has 0 fully saturated rings. The Morgan fingerprint density at radius 2 is 2.00 bits per heavy atom. The molecule has 4 nitrogen and oxygen atoms in total. The number of aliphatic carboxylic acids is 1. The van der Waals surface area contributed by atoms with Crippen LogP contribution in [0.3, 0.4) is 0 Å². The van der Waals surface area contributed by atoms with Crippen molar-refractivity contribution in [3.8, 4) is 0 Å². The average Bonchev–Trinajstić information content (AvgIpc) is 2.72. The first-order valence-corrected chi connectivity index (χ1v) is 5.82. The quantitative estimate of drug-likeness (QED) is 0.820. The van der Waals surface area contributed by atoms with Gasteiger partial charge in [-0.2, -0.15) is 0 Å². The lowest BCUT2D eigenvalue weighted by Gasteiger charge is -2.23. The highest BCUT2D eigenvalue weighted by atomic mass is 16.4. The average molecular weight is 245 g/mol. The van der Waals surface area contributed by atoms with E-state index in [4.69, 9.17) is 5.11 Å². The number of hydrogen-bond donors (Lipinski definition) is 1. The molecule has 1 unspecified atom stereocenters. The maximum atomic E-state index is 12.1. The topological polar surface area (TPSA) is 57.6 Å². The largest absolute Gasteiger partial charge is 0.479 e. The van der Waals surface area contributed by atoms with Crippen LogP contribution in [0.5, 0.6) is 0 Å². The molecule has 1 aromatic carbocycles. The maximum absolute atomic E-state index is 12.1. The summed E-state index contributed by atoms with van der Waals surface area (Å²) in [6.45, 7) is 2.13. The molecule has 0 saturated heterocycles. The van der Waals surface area contributed by atoms with Crippen molar-refractivity contribution >= 4 is 11.9 Å². The number of nitrogens with zero attached hydrogens (tertiary/aromatic N) is 1. The van der Waals surface area contributed by atoms with Gasteiger partial charge in [0.05, 0.1) is 6.42 Å². The minimum Gasteiger partial charge on any atom is -0.479 e. The lowest BCUT2D eigenvalue weighted by Crippen LogP contribution is -2.42. The van der Waals surface area contributed by atoms with Crippen LogP contribution in [0.15, 0.2) is 42.0 Å². The van der Waals surface area contributed by atoms with Crippen LogP contribution in [-0.4, -0.2) is 34.5 Å². The van der Waals surface area contributed by atoms with E-state index in [1.807, 2.05) is 30.3 Å². The summed E-state index contributed by atoms with van der Waals surface area (Å²) in [4.78, 5) is 24.7. The lowest BCUT2D eigenvalue weighted by molar-refractivity contribution is -0.147. The van der Waals surface area contributed by atoms with Gasteiger partial charge in [-0.25, -0.2) is 4.79 Å². The van der Waals surface area contributed by atoms with Crippen LogP contribution in [0.4, 0.5) is 0 Å². The van der Waals surface area contributed by atoms with Gasteiger partial charge in [0.2, 0.25) is 5.91 Å². The standard InChI is InChI=1S/C14H15NO3/c1-10-7-8-15(13(10)14(17)18)12(16)9-11-5-3-2-4-6-11/h2-7,13H,8-9H2,1H3,(H,17,18). The molecule has 1 heterocycles. The summed E-state index contributed by atoms with van der Waals surface area (Å²) in [7, 11) is 0. The molecule has 18 heavy (non-hydrogen) atoms. The van der Waals surface area contributed by atoms with Gasteiger partial charge in [-0.1, -0.05) is 36.4 Å². The second kappa shape index (κ2) is 5.04. The van der Waals surface area contributed by atoms with Gasteiger partial charge in [-0.15, -0.1) is 0 Å². The molecule has 1 amide bonds. The first-order chi connectivity index (χ1) is 8.59. The molecule has 2 rings (SSSR count). The summed E-state index contributed by atoms with van der Waals surface area (Å²) >= 11 is 0. The van der Waals surface area contributed by atoms with Gasteiger partial charge < -0.3 is 10.0 Å². The van der Waals surface area contributed by atoms with E-state index in [0.29, 0.717) is 6.54 Å². The molecule has 0 aromatic heterocycles. The molecule has 1 atom stereocenters. The third kappa shape index (κ3) is 2.42. The number of benzene rings is 1. The van der Waals surface area contributed by atoms with Crippen LogP contribution in [0.2, 0.25) is 0 Å². The van der Waals surface area contributed by atoms with Crippen molar-refractivity contribution in [2.24, 2.45) is 0 Å². The Morgan fingerprint density at radius 3 is 2.61 bits per heavy atom. The highest BCUT2D eigenvalue weighted by Crippen LogP contribution is 2.19. The normalized spacial score (nSPS) is 18.6. The number of carbonyl (C=O) groups excluding carboxylic acids is 1. The van der Waals surface area contributed by atoms with E-state index in [1.54, 1.807) is 13.0 Å². The van der Waals surface area contributed by atoms with Crippen molar-refractivity contribution in [3.05, 3.63) is 47.5 Å². The van der Waals surface area contributed by atoms with E-state index >= 15 is 0 Å². The minimum atomic E-state index is -0.970. The molecule has 4 heteroatoms. The Balaban J connectivity index is 2.09. The van der Waals surface area contributed by atoms with E-state index in [1.165, 1.54) is 4.90 Å². The van der Waals surface area contributed by atoms with Crippen LogP contribution in [0.25, 0.3) is 0 Å². The Bertz CT molecular complexity index is 493. The van der Waals surface area contributed by atoms with Gasteiger partial charge in [-0.05, 0) is 18.1 Å². The molecule has 0 radical (unpaired) electrons. The number of carboxylic acid groups (broad SMARTS) is 1. The molecule has 0 bridgehead atoms. The fourth-order valence-corrected chi connectivity index (χ4v) is 2.15. The number of amides is 1. The molecule has 0 aliphatic carbocycles. The van der Waals surface area contributed by atoms with E-state index in [0.717, 1.165) is 11.1 Å². The van der Waals surface area contributed by atoms with Crippen molar-refractivity contribution in [1.29, 1.82) is 0 Å². The first-order valence-electron chi connectivity index (χ1n) is 5.82. The molecule has 1 aliphatic heterocycles. The van der Waals surface area contributed by atoms with Crippen molar-refractivity contribution in [2.45, 2.75) is 19.4 Å². The molecule has 94 valence electrons. The summed E-state index contributed by atoms with van der Waals surface area (Å²) in [6.07, 6.45) is 2.04. The third-order valence-electron chi connectivity index (χ3n) is 3.11. The van der Waals surface area contributed by atoms with Gasteiger partial charge in [0.1, 0.15) is 0 Å². The highest BCUT2D eigenvalue weighted by Gasteiger charge is 2.33. The summed E-state index contributed by atoms with van der Waals surface area (Å²) in [5.74, 6) is -1.12. The molecule has 1 aliphatic rings. The van der Waals surface area contributed by atoms with Gasteiger partial charge in [0.25, 0.3) is 0 Å². The van der Waals surface area contributed by atoms with Crippen LogP contribution in [-0.2, 0) is 16.0 Å². The van der Waals surface area contributed by atoms with Gasteiger partial charge >= 0.3 is 5.97 Å². The minimum absolute atomic E-state index is 0.151. The second-order valence-electron chi connectivity index (χ2n) is 4.40. The second-order valence-corrected chi connectivity index (χ2v) is 4.40. The molecular weight excluding hydrogens is 230 g/mol. The lowest BCUT2D eigenvalue weighted by atomic mass is 10.1. The predicted octanol–water partition coefficient (Wildman–Crippen LogP) is 1.47. The maximum Gasteiger partial charge on any atom is 0.330 e. The smallest absolute Gasteiger partial charge is 0.330 e. The fourth-order valence-electron chi connectivity index (χ4n) is 2.15. The Kier molecular flexibility index (Phi) is 3.46. The molecule has 1 N–H and O–H groups in total. The Morgan fingerprint density at radius 1 is 1.33 bits per heavy atom. The third-order valence-corrected chi connectivity index (χ3v) is 3.11. The predicted molar refractivity (Wildman–Crippen MR) is 67.0 cm³/mol. The van der Waals surface area contributed by atoms with E-state index < -0.39 is 12.0 Å². The van der Waals surface area contributed by atoms with Gasteiger partial charge in [-0.3, -0.25) is 4.79 Å². The van der Waals surface area contributed by atoms with Crippen LogP contribution in [0, 0.1) is 0 Å². The van der Waals surface area contributed by atoms with Crippen molar-refractivity contribution in [2.75, 3.05) is 6.54 Å². The summed E-state index contributed by atoms with van der Waals surface area (Å²) in [5.41, 5.74) is 1.63. The molecule has 1 aromatic rings. The molecule has 0 saturated carbocycles. The number of carboxylic acids is 1. The van der Waals surface area contributed by atoms with E-state index in [9.17, 15) is 9.59 Å². The number of rotatable bonds is 3. The van der Waals surface area contributed by atoms with Crippen molar-refractivity contribution in [3.63, 3.8) is 0 Å². The zero-order valence-electron chi connectivity index (χ0n) is 10.2. The Labute approximate surface area is 106 Å². The zero-order chi connectivity index (χ0) is 13.1. The van der Waals surface area contributed by atoms with E-state index in [2.05, 4.69) is 0 Å². The number of hydrogen-bond acceptors (Lipinski definition) is 2. The summed E-state index contributed by atoms with van der Waals surface area (Å²) in [6, 6.07) is 8.54. The Hall–Kier alpha value is -2.10. The zero-order valence-corrected chi connectivity index (χ0v) is 10.2. The monoisotopic (exact) mass is 245 g/mol. The summed E-state index contributed by atoms with van der Waals surface area (Å²) < 4.78 is 0. The number of carbonyl (C=O) groups is 2. The van der Waals surface area contributed by atoms with Crippen molar-refractivity contribution < 1.29 is 14.7 Å². The molecule has 0 spiro atoms. The SMILES string of the molecule is CC1=CCN(C(=O)Cc2ccccc2)C1C(=O)O. The van der Waals surface area contributed by atoms with Crippen LogP contribution in [0.1, 0.15) is 12.5 Å². The fraction of sp³-hybridized carbons (Fsp3) is 0.286. The van der Waals surface area contributed by atoms with Crippen LogP contribution < -0.4 is 0 Å². The first kappa shape index (κ1) is 12.4. The summed E-state index contributed by atoms with van der Waals surface area (Å²) in [5, 5.41) is 9.13. The van der Waals surface area contributed by atoms with Crippen molar-refractivity contribution in [1.82, 2.24) is 4.90 Å². The van der Waals surface area contributed by atoms with Crippen LogP contribution >= 0.6 is 0 Å². The molecular formula is C14H15NO3. The van der Waals surface area contributed by atoms with Gasteiger partial charge in [0, 0.05) is 6.54 Å². The van der Waals surface area contributed by atoms with Gasteiger partial charge in [0.15, 0.2) is 6.04 Å². The highest BCUT2D eigenvalue weighted by molar-refractivity contribution is 5.88. The van der Waals surface area contributed by atoms with E-state index in [-0.39, 0.29) is 12.3 Å².